The summed E-state index contributed by atoms with van der Waals surface area (Å²) in [6.45, 7) is 2.48. The molecule has 2 aromatic rings. The minimum Gasteiger partial charge on any atom is -0.382 e. The van der Waals surface area contributed by atoms with Crippen molar-refractivity contribution in [1.82, 2.24) is 14.5 Å². The number of aryl methyl sites for hydroxylation is 4. The van der Waals surface area contributed by atoms with Crippen LogP contribution in [0.2, 0.25) is 0 Å². The lowest BCUT2D eigenvalue weighted by atomic mass is 9.95. The number of carbonyl (C=O) groups excluding carboxylic acids is 1. The Hall–Kier alpha value is -2.11. The predicted molar refractivity (Wildman–Crippen MR) is 77.1 cm³/mol. The Morgan fingerprint density at radius 2 is 2.05 bits per heavy atom. The smallest absolute Gasteiger partial charge is 0.219 e. The van der Waals surface area contributed by atoms with E-state index in [0.717, 1.165) is 48.2 Å². The molecule has 0 atom stereocenters. The van der Waals surface area contributed by atoms with Gasteiger partial charge in [-0.3, -0.25) is 4.79 Å². The first kappa shape index (κ1) is 12.9. The summed E-state index contributed by atoms with van der Waals surface area (Å²) in [5.74, 6) is 1.04. The number of nitrogens with zero attached hydrogens (tertiary/aromatic N) is 3. The fraction of sp³-hybridized carbons (Fsp3) is 0.500. The van der Waals surface area contributed by atoms with Crippen LogP contribution in [-0.2, 0) is 24.2 Å². The highest BCUT2D eigenvalue weighted by molar-refractivity contribution is 5.89. The van der Waals surface area contributed by atoms with E-state index in [9.17, 15) is 4.79 Å². The van der Waals surface area contributed by atoms with Crippen molar-refractivity contribution in [3.63, 3.8) is 0 Å². The van der Waals surface area contributed by atoms with Crippen LogP contribution in [0.15, 0.2) is 0 Å². The van der Waals surface area contributed by atoms with Crippen molar-refractivity contribution in [2.75, 3.05) is 5.73 Å². The van der Waals surface area contributed by atoms with Gasteiger partial charge >= 0.3 is 0 Å². The Morgan fingerprint density at radius 3 is 2.80 bits per heavy atom. The van der Waals surface area contributed by atoms with Crippen molar-refractivity contribution >= 4 is 22.8 Å². The largest absolute Gasteiger partial charge is 0.382 e. The average Bonchev–Trinajstić information content (AvgIpc) is 2.74. The number of imidazole rings is 1. The molecule has 6 nitrogen and oxygen atoms in total. The van der Waals surface area contributed by atoms with Gasteiger partial charge in [0, 0.05) is 18.7 Å². The van der Waals surface area contributed by atoms with Crippen molar-refractivity contribution < 1.29 is 4.79 Å². The van der Waals surface area contributed by atoms with Crippen LogP contribution in [0.5, 0.6) is 0 Å². The Morgan fingerprint density at radius 1 is 1.30 bits per heavy atom. The maximum Gasteiger partial charge on any atom is 0.219 e. The molecule has 0 spiro atoms. The van der Waals surface area contributed by atoms with Gasteiger partial charge in [-0.05, 0) is 38.2 Å². The lowest BCUT2D eigenvalue weighted by molar-refractivity contribution is -0.118. The third-order valence-corrected chi connectivity index (χ3v) is 3.96. The summed E-state index contributed by atoms with van der Waals surface area (Å²) in [5.41, 5.74) is 15.4. The molecule has 1 aliphatic carbocycles. The number of primary amides is 1. The van der Waals surface area contributed by atoms with E-state index in [1.54, 1.807) is 0 Å². The zero-order chi connectivity index (χ0) is 14.3. The quantitative estimate of drug-likeness (QED) is 0.873. The second-order valence-corrected chi connectivity index (χ2v) is 5.35. The van der Waals surface area contributed by atoms with Gasteiger partial charge in [-0.2, -0.15) is 0 Å². The number of amides is 1. The fourth-order valence-corrected chi connectivity index (χ4v) is 3.01. The molecule has 0 unspecified atom stereocenters. The second-order valence-electron chi connectivity index (χ2n) is 5.35. The highest BCUT2D eigenvalue weighted by Crippen LogP contribution is 2.31. The van der Waals surface area contributed by atoms with Gasteiger partial charge < -0.3 is 16.0 Å². The van der Waals surface area contributed by atoms with E-state index in [1.165, 1.54) is 5.56 Å². The zero-order valence-corrected chi connectivity index (χ0v) is 11.6. The average molecular weight is 273 g/mol. The lowest BCUT2D eigenvalue weighted by Gasteiger charge is -2.18. The highest BCUT2D eigenvalue weighted by atomic mass is 16.1. The van der Waals surface area contributed by atoms with Crippen molar-refractivity contribution in [3.8, 4) is 0 Å². The maximum absolute atomic E-state index is 11.0. The van der Waals surface area contributed by atoms with E-state index in [0.29, 0.717) is 18.8 Å². The minimum absolute atomic E-state index is 0.304. The number of aromatic nitrogens is 3. The molecule has 1 aliphatic rings. The van der Waals surface area contributed by atoms with E-state index >= 15 is 0 Å². The van der Waals surface area contributed by atoms with Crippen LogP contribution in [0.1, 0.15) is 36.3 Å². The predicted octanol–water partition coefficient (Wildman–Crippen LogP) is 1.08. The van der Waals surface area contributed by atoms with Crippen LogP contribution >= 0.6 is 0 Å². The van der Waals surface area contributed by atoms with Gasteiger partial charge in [0.25, 0.3) is 0 Å². The SMILES string of the molecule is Cc1nc2c(N)nc3c(c2n1CCC(N)=O)CCCC3. The topological polar surface area (TPSA) is 99.8 Å². The summed E-state index contributed by atoms with van der Waals surface area (Å²) in [7, 11) is 0. The number of rotatable bonds is 3. The number of nitrogens with two attached hydrogens (primary N) is 2. The van der Waals surface area contributed by atoms with Crippen LogP contribution in [-0.4, -0.2) is 20.4 Å². The van der Waals surface area contributed by atoms with E-state index in [2.05, 4.69) is 14.5 Å². The molecule has 106 valence electrons. The third-order valence-electron chi connectivity index (χ3n) is 3.96. The molecule has 4 N–H and O–H groups in total. The van der Waals surface area contributed by atoms with Crippen LogP contribution in [0.4, 0.5) is 5.82 Å². The van der Waals surface area contributed by atoms with Gasteiger partial charge in [-0.15, -0.1) is 0 Å². The van der Waals surface area contributed by atoms with Crippen molar-refractivity contribution in [2.24, 2.45) is 5.73 Å². The molecule has 0 fully saturated rings. The van der Waals surface area contributed by atoms with Crippen LogP contribution in [0, 0.1) is 6.92 Å². The molecule has 2 heterocycles. The zero-order valence-electron chi connectivity index (χ0n) is 11.6. The monoisotopic (exact) mass is 273 g/mol. The molecule has 6 heteroatoms. The van der Waals surface area contributed by atoms with Crippen molar-refractivity contribution in [1.29, 1.82) is 0 Å². The first-order valence-electron chi connectivity index (χ1n) is 7.00. The molecule has 0 saturated carbocycles. The summed E-state index contributed by atoms with van der Waals surface area (Å²) < 4.78 is 2.06. The van der Waals surface area contributed by atoms with Gasteiger partial charge in [0.05, 0.1) is 5.52 Å². The number of hydrogen-bond acceptors (Lipinski definition) is 4. The van der Waals surface area contributed by atoms with Gasteiger partial charge in [0.2, 0.25) is 5.91 Å². The Bertz CT molecular complexity index is 689. The molecule has 0 radical (unpaired) electrons. The first-order chi connectivity index (χ1) is 9.58. The van der Waals surface area contributed by atoms with Gasteiger partial charge in [0.1, 0.15) is 11.3 Å². The molecule has 1 amide bonds. The van der Waals surface area contributed by atoms with Crippen molar-refractivity contribution in [2.45, 2.75) is 45.6 Å². The molecule has 0 aromatic carbocycles. The molecule has 3 rings (SSSR count). The van der Waals surface area contributed by atoms with Gasteiger partial charge in [-0.25, -0.2) is 9.97 Å². The molecular formula is C14H19N5O. The number of fused-ring (bicyclic) bond motifs is 3. The Balaban J connectivity index is 2.20. The highest BCUT2D eigenvalue weighted by Gasteiger charge is 2.21. The fourth-order valence-electron chi connectivity index (χ4n) is 3.01. The molecule has 0 saturated heterocycles. The first-order valence-corrected chi connectivity index (χ1v) is 7.00. The number of anilines is 1. The third kappa shape index (κ3) is 2.01. The summed E-state index contributed by atoms with van der Waals surface area (Å²) >= 11 is 0. The number of carbonyl (C=O) groups is 1. The summed E-state index contributed by atoms with van der Waals surface area (Å²) in [5, 5.41) is 0. The summed E-state index contributed by atoms with van der Waals surface area (Å²) in [6, 6.07) is 0. The van der Waals surface area contributed by atoms with Crippen LogP contribution < -0.4 is 11.5 Å². The Labute approximate surface area is 117 Å². The van der Waals surface area contributed by atoms with E-state index < -0.39 is 0 Å². The molecular weight excluding hydrogens is 254 g/mol. The normalized spacial score (nSPS) is 14.4. The molecule has 20 heavy (non-hydrogen) atoms. The minimum atomic E-state index is -0.304. The van der Waals surface area contributed by atoms with E-state index in [-0.39, 0.29) is 5.91 Å². The van der Waals surface area contributed by atoms with E-state index in [1.807, 2.05) is 6.92 Å². The summed E-state index contributed by atoms with van der Waals surface area (Å²) in [4.78, 5) is 20.1. The molecule has 0 aliphatic heterocycles. The second kappa shape index (κ2) is 4.77. The van der Waals surface area contributed by atoms with Gasteiger partial charge in [0.15, 0.2) is 5.82 Å². The lowest BCUT2D eigenvalue weighted by Crippen LogP contribution is -2.16. The summed E-state index contributed by atoms with van der Waals surface area (Å²) in [6.07, 6.45) is 4.59. The van der Waals surface area contributed by atoms with Crippen LogP contribution in [0.25, 0.3) is 11.0 Å². The van der Waals surface area contributed by atoms with E-state index in [4.69, 9.17) is 11.5 Å². The van der Waals surface area contributed by atoms with Crippen LogP contribution in [0.3, 0.4) is 0 Å². The van der Waals surface area contributed by atoms with Gasteiger partial charge in [-0.1, -0.05) is 0 Å². The number of pyridine rings is 1. The maximum atomic E-state index is 11.0. The van der Waals surface area contributed by atoms with Crippen molar-refractivity contribution in [3.05, 3.63) is 17.1 Å². The molecule has 2 aromatic heterocycles. The molecule has 0 bridgehead atoms. The Kier molecular flexibility index (Phi) is 3.08. The standard InChI is InChI=1S/C14H19N5O/c1-8-17-12-13(19(8)7-6-11(15)20)9-4-2-3-5-10(9)18-14(12)16/h2-7H2,1H3,(H2,15,20)(H2,16,18). The number of nitrogen functional groups attached to an aromatic ring is 1. The number of hydrogen-bond donors (Lipinski definition) is 2.